The second-order valence-corrected chi connectivity index (χ2v) is 3.71. The van der Waals surface area contributed by atoms with Crippen LogP contribution in [0.1, 0.15) is 18.1 Å². The number of aliphatic hydroxyl groups is 1. The Kier molecular flexibility index (Phi) is 5.62. The Balaban J connectivity index is 2.73. The van der Waals surface area contributed by atoms with Crippen molar-refractivity contribution in [3.05, 3.63) is 41.5 Å². The molecule has 0 saturated carbocycles. The van der Waals surface area contributed by atoms with Gasteiger partial charge in [-0.15, -0.1) is 0 Å². The van der Waals surface area contributed by atoms with E-state index in [4.69, 9.17) is 10.4 Å². The number of carbonyl (C=O) groups excluding carboxylic acids is 1. The van der Waals surface area contributed by atoms with E-state index in [0.29, 0.717) is 18.7 Å². The number of rotatable bonds is 5. The van der Waals surface area contributed by atoms with Gasteiger partial charge in [-0.2, -0.15) is 5.26 Å². The molecule has 0 fully saturated rings. The number of nitrogens with zero attached hydrogens (tertiary/aromatic N) is 2. The van der Waals surface area contributed by atoms with E-state index >= 15 is 0 Å². The summed E-state index contributed by atoms with van der Waals surface area (Å²) in [6.07, 6.45) is 3.12. The average Bonchev–Trinajstić information content (AvgIpc) is 2.42. The van der Waals surface area contributed by atoms with Crippen molar-refractivity contribution in [2.45, 2.75) is 6.92 Å². The molecule has 4 nitrogen and oxygen atoms in total. The molecular weight excluding hydrogens is 228 g/mol. The van der Waals surface area contributed by atoms with E-state index in [9.17, 15) is 4.79 Å². The molecule has 1 aromatic rings. The number of aliphatic hydroxyl groups excluding tert-OH is 1. The van der Waals surface area contributed by atoms with Crippen LogP contribution in [0.5, 0.6) is 0 Å². The maximum Gasteiger partial charge on any atom is 0.246 e. The number of hydrogen-bond donors (Lipinski definition) is 1. The van der Waals surface area contributed by atoms with Gasteiger partial charge >= 0.3 is 0 Å². The molecule has 0 aliphatic rings. The van der Waals surface area contributed by atoms with Crippen LogP contribution in [0.25, 0.3) is 6.08 Å². The van der Waals surface area contributed by atoms with Gasteiger partial charge in [-0.3, -0.25) is 4.79 Å². The Labute approximate surface area is 107 Å². The van der Waals surface area contributed by atoms with Gasteiger partial charge in [-0.05, 0) is 30.7 Å². The lowest BCUT2D eigenvalue weighted by molar-refractivity contribution is -0.126. The van der Waals surface area contributed by atoms with Crippen molar-refractivity contribution in [2.24, 2.45) is 0 Å². The minimum atomic E-state index is -0.145. The van der Waals surface area contributed by atoms with Crippen LogP contribution in [0.3, 0.4) is 0 Å². The first-order valence-electron chi connectivity index (χ1n) is 5.79. The topological polar surface area (TPSA) is 64.3 Å². The standard InChI is InChI=1S/C14H16N2O2/c1-2-16(8-9-17)14(18)7-6-12-4-3-5-13(10-12)11-15/h3-7,10,17H,2,8-9H2,1H3/b7-6+. The lowest BCUT2D eigenvalue weighted by Gasteiger charge is -2.17. The minimum Gasteiger partial charge on any atom is -0.395 e. The number of carbonyl (C=O) groups is 1. The number of likely N-dealkylation sites (N-methyl/N-ethyl adjacent to an activating group) is 1. The zero-order chi connectivity index (χ0) is 13.4. The molecule has 0 radical (unpaired) electrons. The van der Waals surface area contributed by atoms with Crippen molar-refractivity contribution in [3.63, 3.8) is 0 Å². The Hall–Kier alpha value is -2.12. The lowest BCUT2D eigenvalue weighted by Crippen LogP contribution is -2.31. The average molecular weight is 244 g/mol. The van der Waals surface area contributed by atoms with E-state index in [2.05, 4.69) is 0 Å². The summed E-state index contributed by atoms with van der Waals surface area (Å²) < 4.78 is 0. The van der Waals surface area contributed by atoms with Crippen LogP contribution in [0.4, 0.5) is 0 Å². The highest BCUT2D eigenvalue weighted by molar-refractivity contribution is 5.91. The monoisotopic (exact) mass is 244 g/mol. The van der Waals surface area contributed by atoms with Crippen LogP contribution in [0.2, 0.25) is 0 Å². The second kappa shape index (κ2) is 7.25. The van der Waals surface area contributed by atoms with Gasteiger partial charge in [0.2, 0.25) is 5.91 Å². The van der Waals surface area contributed by atoms with Gasteiger partial charge in [0.05, 0.1) is 18.2 Å². The molecular formula is C14H16N2O2. The number of hydrogen-bond acceptors (Lipinski definition) is 3. The van der Waals surface area contributed by atoms with Crippen LogP contribution >= 0.6 is 0 Å². The highest BCUT2D eigenvalue weighted by Crippen LogP contribution is 2.06. The third-order valence-electron chi connectivity index (χ3n) is 2.50. The van der Waals surface area contributed by atoms with Crippen molar-refractivity contribution in [3.8, 4) is 6.07 Å². The van der Waals surface area contributed by atoms with E-state index in [1.165, 1.54) is 6.08 Å². The van der Waals surface area contributed by atoms with Crippen LogP contribution in [0.15, 0.2) is 30.3 Å². The van der Waals surface area contributed by atoms with E-state index in [0.717, 1.165) is 5.56 Å². The summed E-state index contributed by atoms with van der Waals surface area (Å²) in [5, 5.41) is 17.6. The van der Waals surface area contributed by atoms with Crippen molar-refractivity contribution in [1.29, 1.82) is 5.26 Å². The van der Waals surface area contributed by atoms with Gasteiger partial charge in [0, 0.05) is 19.2 Å². The first kappa shape index (κ1) is 13.9. The molecule has 0 unspecified atom stereocenters. The number of nitriles is 1. The van der Waals surface area contributed by atoms with E-state index in [1.807, 2.05) is 19.1 Å². The predicted octanol–water partition coefficient (Wildman–Crippen LogP) is 1.41. The molecule has 0 spiro atoms. The quantitative estimate of drug-likeness (QED) is 0.796. The van der Waals surface area contributed by atoms with Crippen LogP contribution in [0, 0.1) is 11.3 Å². The fourth-order valence-electron chi connectivity index (χ4n) is 1.53. The first-order chi connectivity index (χ1) is 8.71. The number of benzene rings is 1. The fraction of sp³-hybridized carbons (Fsp3) is 0.286. The molecule has 0 heterocycles. The molecule has 0 bridgehead atoms. The maximum absolute atomic E-state index is 11.8. The van der Waals surface area contributed by atoms with Crippen LogP contribution < -0.4 is 0 Å². The maximum atomic E-state index is 11.8. The van der Waals surface area contributed by atoms with Crippen molar-refractivity contribution < 1.29 is 9.90 Å². The molecule has 0 aliphatic heterocycles. The summed E-state index contributed by atoms with van der Waals surface area (Å²) in [6.45, 7) is 2.70. The summed E-state index contributed by atoms with van der Waals surface area (Å²) in [6, 6.07) is 9.07. The first-order valence-corrected chi connectivity index (χ1v) is 5.79. The lowest BCUT2D eigenvalue weighted by atomic mass is 10.1. The predicted molar refractivity (Wildman–Crippen MR) is 69.5 cm³/mol. The van der Waals surface area contributed by atoms with Crippen molar-refractivity contribution in [2.75, 3.05) is 19.7 Å². The summed E-state index contributed by atoms with van der Waals surface area (Å²) in [5.74, 6) is -0.145. The van der Waals surface area contributed by atoms with E-state index in [1.54, 1.807) is 29.2 Å². The highest BCUT2D eigenvalue weighted by atomic mass is 16.3. The third-order valence-corrected chi connectivity index (χ3v) is 2.50. The molecule has 0 aromatic heterocycles. The van der Waals surface area contributed by atoms with E-state index < -0.39 is 0 Å². The minimum absolute atomic E-state index is 0.0443. The largest absolute Gasteiger partial charge is 0.395 e. The second-order valence-electron chi connectivity index (χ2n) is 3.71. The van der Waals surface area contributed by atoms with Gasteiger partial charge in [0.1, 0.15) is 0 Å². The van der Waals surface area contributed by atoms with Gasteiger partial charge in [-0.25, -0.2) is 0 Å². The molecule has 94 valence electrons. The number of amides is 1. The normalized spacial score (nSPS) is 10.3. The van der Waals surface area contributed by atoms with Crippen molar-refractivity contribution in [1.82, 2.24) is 4.90 Å². The van der Waals surface area contributed by atoms with Crippen LogP contribution in [-0.4, -0.2) is 35.6 Å². The Morgan fingerprint density at radius 2 is 2.33 bits per heavy atom. The Bertz CT molecular complexity index is 475. The van der Waals surface area contributed by atoms with Crippen LogP contribution in [-0.2, 0) is 4.79 Å². The molecule has 0 saturated heterocycles. The van der Waals surface area contributed by atoms with Gasteiger partial charge in [0.25, 0.3) is 0 Å². The molecule has 1 aromatic carbocycles. The molecule has 1 amide bonds. The Morgan fingerprint density at radius 3 is 2.94 bits per heavy atom. The molecule has 0 aliphatic carbocycles. The van der Waals surface area contributed by atoms with Crippen molar-refractivity contribution >= 4 is 12.0 Å². The molecule has 1 rings (SSSR count). The molecule has 1 N–H and O–H groups in total. The molecule has 4 heteroatoms. The summed E-state index contributed by atoms with van der Waals surface area (Å²) in [5.41, 5.74) is 1.37. The zero-order valence-corrected chi connectivity index (χ0v) is 10.3. The highest BCUT2D eigenvalue weighted by Gasteiger charge is 2.06. The van der Waals surface area contributed by atoms with Gasteiger partial charge in [0.15, 0.2) is 0 Å². The zero-order valence-electron chi connectivity index (χ0n) is 10.3. The SMILES string of the molecule is CCN(CCO)C(=O)/C=C/c1cccc(C#N)c1. The summed E-state index contributed by atoms with van der Waals surface area (Å²) >= 11 is 0. The molecule has 18 heavy (non-hydrogen) atoms. The Morgan fingerprint density at radius 1 is 1.56 bits per heavy atom. The van der Waals surface area contributed by atoms with Gasteiger partial charge in [-0.1, -0.05) is 12.1 Å². The van der Waals surface area contributed by atoms with E-state index in [-0.39, 0.29) is 12.5 Å². The smallest absolute Gasteiger partial charge is 0.246 e. The summed E-state index contributed by atoms with van der Waals surface area (Å²) in [4.78, 5) is 13.3. The third kappa shape index (κ3) is 4.04. The fourth-order valence-corrected chi connectivity index (χ4v) is 1.53. The molecule has 0 atom stereocenters. The van der Waals surface area contributed by atoms with Gasteiger partial charge < -0.3 is 10.0 Å². The summed E-state index contributed by atoms with van der Waals surface area (Å²) in [7, 11) is 0.